The molecule has 4 heterocycles. The summed E-state index contributed by atoms with van der Waals surface area (Å²) < 4.78 is 25.5. The first-order valence-electron chi connectivity index (χ1n) is 19.0. The van der Waals surface area contributed by atoms with E-state index in [1.807, 2.05) is 19.1 Å². The van der Waals surface area contributed by atoms with E-state index in [1.165, 1.54) is 40.2 Å². The number of allylic oxidation sites excluding steroid dienone is 2. The average molecular weight is 786 g/mol. The van der Waals surface area contributed by atoms with Crippen LogP contribution in [0.25, 0.3) is 27.5 Å². The molecule has 2 aliphatic heterocycles. The fraction of sp³-hybridized carbons (Fsp3) is 0.442. The molecular formula is C43H51N3O11. The highest BCUT2D eigenvalue weighted by Crippen LogP contribution is 2.54. The van der Waals surface area contributed by atoms with Crippen molar-refractivity contribution in [2.45, 2.75) is 92.5 Å². The van der Waals surface area contributed by atoms with Crippen LogP contribution in [0.15, 0.2) is 54.5 Å². The molecule has 9 atom stereocenters. The van der Waals surface area contributed by atoms with E-state index >= 15 is 0 Å². The van der Waals surface area contributed by atoms with Crippen LogP contribution in [0, 0.1) is 37.5 Å². The number of aryl methyl sites for hydroxylation is 1. The molecule has 304 valence electrons. The molecule has 5 N–H and O–H groups in total. The standard InChI is InChI=1S/C43H51N3O11/c1-19-14-16-46-28(18-19)44-32-29-30-37(50)25(7)40-31(29)41(52)43(9,57-40)55-17-15-27(54-10)22(4)39(56-26(8)47)24(6)36(49)23(5)35(48)20(2)12-11-13-21(3)42(53)45-33(34(32)46)38(30)51/h11-18,20,22-24,27,35-36,39,48-51H,1-10H3,(H,45,53)/t20-,22-,23+,24-,27-,35-,36+,39+,43-/m0/s1. The summed E-state index contributed by atoms with van der Waals surface area (Å²) >= 11 is 0. The minimum absolute atomic E-state index is 0.0185. The molecule has 2 aromatic heterocycles. The number of pyridine rings is 1. The number of ether oxygens (including phenoxy) is 4. The van der Waals surface area contributed by atoms with Gasteiger partial charge in [-0.2, -0.15) is 0 Å². The van der Waals surface area contributed by atoms with Gasteiger partial charge in [0.15, 0.2) is 5.75 Å². The Morgan fingerprint density at radius 1 is 0.982 bits per heavy atom. The lowest BCUT2D eigenvalue weighted by atomic mass is 9.78. The number of benzene rings is 2. The Hall–Kier alpha value is -5.44. The third-order valence-electron chi connectivity index (χ3n) is 11.5. The third-order valence-corrected chi connectivity index (χ3v) is 11.5. The Labute approximate surface area is 330 Å². The Balaban J connectivity index is 1.58. The molecule has 0 radical (unpaired) electrons. The average Bonchev–Trinajstić information content (AvgIpc) is 3.67. The van der Waals surface area contributed by atoms with Gasteiger partial charge in [-0.15, -0.1) is 0 Å². The van der Waals surface area contributed by atoms with Gasteiger partial charge in [0.2, 0.25) is 0 Å². The predicted molar refractivity (Wildman–Crippen MR) is 213 cm³/mol. The number of phenols is 2. The maximum atomic E-state index is 14.6. The van der Waals surface area contributed by atoms with E-state index in [0.29, 0.717) is 5.65 Å². The normalized spacial score (nSPS) is 28.8. The minimum atomic E-state index is -1.96. The number of hydrogen-bond donors (Lipinski definition) is 5. The number of ketones is 1. The molecule has 0 aliphatic carbocycles. The van der Waals surface area contributed by atoms with Crippen LogP contribution in [0.3, 0.4) is 0 Å². The summed E-state index contributed by atoms with van der Waals surface area (Å²) in [4.78, 5) is 45.6. The lowest BCUT2D eigenvalue weighted by Crippen LogP contribution is -2.46. The number of phenolic OH excluding ortho intramolecular Hbond substituents is 2. The molecule has 0 unspecified atom stereocenters. The number of carbonyl (C=O) groups is 3. The first kappa shape index (κ1) is 41.2. The molecule has 4 bridgehead atoms. The number of anilines is 1. The third kappa shape index (κ3) is 7.10. The Kier molecular flexibility index (Phi) is 11.2. The molecule has 6 rings (SSSR count). The minimum Gasteiger partial charge on any atom is -0.507 e. The second-order valence-electron chi connectivity index (χ2n) is 15.6. The van der Waals surface area contributed by atoms with Gasteiger partial charge in [-0.1, -0.05) is 45.9 Å². The summed E-state index contributed by atoms with van der Waals surface area (Å²) in [5.74, 6) is -6.96. The second kappa shape index (κ2) is 15.5. The van der Waals surface area contributed by atoms with Gasteiger partial charge in [-0.05, 0) is 44.5 Å². The van der Waals surface area contributed by atoms with Crippen LogP contribution in [0.2, 0.25) is 0 Å². The van der Waals surface area contributed by atoms with Gasteiger partial charge in [0, 0.05) is 67.3 Å². The molecule has 14 nitrogen and oxygen atoms in total. The maximum Gasteiger partial charge on any atom is 0.312 e. The number of aliphatic hydroxyl groups is 2. The van der Waals surface area contributed by atoms with Gasteiger partial charge in [0.25, 0.3) is 11.7 Å². The SMILES string of the molecule is CO[C@H]1C=CO[C@@]2(C)Oc3c(C)c(O)c4c(O)c(c5c(nc6cc(C)ccn65)c4c3C2=O)NC(=O)C(C)=CC=C[C@H](C)[C@H](O)[C@@H](C)[C@@H](O)[C@H](C)[C@H](OC(C)=O)[C@H]1C. The number of amides is 1. The van der Waals surface area contributed by atoms with Gasteiger partial charge in [0.1, 0.15) is 40.0 Å². The first-order valence-corrected chi connectivity index (χ1v) is 19.0. The van der Waals surface area contributed by atoms with Crippen molar-refractivity contribution in [3.63, 3.8) is 0 Å². The highest BCUT2D eigenvalue weighted by molar-refractivity contribution is 6.28. The van der Waals surface area contributed by atoms with Crippen LogP contribution in [0.1, 0.15) is 70.0 Å². The summed E-state index contributed by atoms with van der Waals surface area (Å²) in [6, 6.07) is 3.64. The molecule has 14 heteroatoms. The van der Waals surface area contributed by atoms with Gasteiger partial charge >= 0.3 is 11.8 Å². The Bertz CT molecular complexity index is 2380. The number of nitrogens with one attached hydrogen (secondary N) is 1. The maximum absolute atomic E-state index is 14.6. The van der Waals surface area contributed by atoms with Crippen LogP contribution in [0.4, 0.5) is 5.69 Å². The lowest BCUT2D eigenvalue weighted by molar-refractivity contribution is -0.160. The Morgan fingerprint density at radius 2 is 1.68 bits per heavy atom. The molecule has 0 saturated heterocycles. The van der Waals surface area contributed by atoms with Crippen molar-refractivity contribution in [3.8, 4) is 17.2 Å². The molecule has 0 saturated carbocycles. The molecule has 2 aromatic carbocycles. The number of aromatic hydroxyl groups is 2. The van der Waals surface area contributed by atoms with Crippen LogP contribution in [-0.2, 0) is 23.8 Å². The Morgan fingerprint density at radius 3 is 2.35 bits per heavy atom. The van der Waals surface area contributed by atoms with E-state index in [2.05, 4.69) is 5.32 Å². The van der Waals surface area contributed by atoms with Crippen LogP contribution in [-0.4, -0.2) is 84.8 Å². The van der Waals surface area contributed by atoms with Crippen molar-refractivity contribution in [1.82, 2.24) is 9.38 Å². The highest BCUT2D eigenvalue weighted by atomic mass is 16.7. The molecular weight excluding hydrogens is 734 g/mol. The van der Waals surface area contributed by atoms with Crippen LogP contribution < -0.4 is 10.1 Å². The smallest absolute Gasteiger partial charge is 0.312 e. The molecule has 4 aromatic rings. The molecule has 0 fully saturated rings. The van der Waals surface area contributed by atoms with E-state index in [9.17, 15) is 34.8 Å². The number of methoxy groups -OCH3 is 1. The number of aliphatic hydroxyl groups excluding tert-OH is 2. The summed E-state index contributed by atoms with van der Waals surface area (Å²) in [7, 11) is 1.46. The molecule has 1 amide bonds. The van der Waals surface area contributed by atoms with Crippen molar-refractivity contribution in [2.75, 3.05) is 12.4 Å². The number of nitrogens with zero attached hydrogens (tertiary/aromatic N) is 2. The van der Waals surface area contributed by atoms with Crippen LogP contribution in [0.5, 0.6) is 17.2 Å². The zero-order valence-electron chi connectivity index (χ0n) is 33.8. The summed E-state index contributed by atoms with van der Waals surface area (Å²) in [5, 5.41) is 49.4. The van der Waals surface area contributed by atoms with Crippen molar-refractivity contribution in [1.29, 1.82) is 0 Å². The summed E-state index contributed by atoms with van der Waals surface area (Å²) in [6.07, 6.45) is 5.62. The zero-order valence-corrected chi connectivity index (χ0v) is 33.8. The fourth-order valence-electron chi connectivity index (χ4n) is 8.03. The highest BCUT2D eigenvalue weighted by Gasteiger charge is 2.50. The first-order chi connectivity index (χ1) is 26.8. The van der Waals surface area contributed by atoms with Crippen LogP contribution >= 0.6 is 0 Å². The molecule has 0 spiro atoms. The second-order valence-corrected chi connectivity index (χ2v) is 15.6. The van der Waals surface area contributed by atoms with Crippen molar-refractivity contribution < 1.29 is 53.8 Å². The number of hydrogen-bond acceptors (Lipinski definition) is 12. The monoisotopic (exact) mass is 785 g/mol. The zero-order chi connectivity index (χ0) is 41.8. The number of aromatic nitrogens is 2. The number of imidazole rings is 1. The molecule has 2 aliphatic rings. The topological polar surface area (TPSA) is 198 Å². The number of esters is 1. The summed E-state index contributed by atoms with van der Waals surface area (Å²) in [6.45, 7) is 14.7. The van der Waals surface area contributed by atoms with E-state index in [-0.39, 0.29) is 55.7 Å². The lowest BCUT2D eigenvalue weighted by Gasteiger charge is -2.38. The quantitative estimate of drug-likeness (QED) is 0.115. The number of Topliss-reactive ketones (excluding diaryl/α,β-unsaturated/α-hetero) is 1. The number of rotatable bonds is 2. The van der Waals surface area contributed by atoms with E-state index in [0.717, 1.165) is 5.56 Å². The van der Waals surface area contributed by atoms with Gasteiger partial charge in [-0.25, -0.2) is 4.98 Å². The summed E-state index contributed by atoms with van der Waals surface area (Å²) in [5.41, 5.74) is 2.18. The van der Waals surface area contributed by atoms with E-state index < -0.39 is 77.3 Å². The largest absolute Gasteiger partial charge is 0.507 e. The fourth-order valence-corrected chi connectivity index (χ4v) is 8.03. The van der Waals surface area contributed by atoms with Crippen molar-refractivity contribution in [3.05, 3.63) is 71.2 Å². The number of carbonyl (C=O) groups excluding carboxylic acids is 3. The predicted octanol–water partition coefficient (Wildman–Crippen LogP) is 6.16. The number of fused-ring (bicyclic) bond motifs is 2. The van der Waals surface area contributed by atoms with Gasteiger partial charge < -0.3 is 44.7 Å². The van der Waals surface area contributed by atoms with Crippen molar-refractivity contribution >= 4 is 50.8 Å². The van der Waals surface area contributed by atoms with Gasteiger partial charge in [0.05, 0.1) is 35.5 Å². The molecule has 57 heavy (non-hydrogen) atoms. The van der Waals surface area contributed by atoms with E-state index in [1.54, 1.807) is 63.4 Å². The van der Waals surface area contributed by atoms with Gasteiger partial charge in [-0.3, -0.25) is 18.8 Å². The van der Waals surface area contributed by atoms with E-state index in [4.69, 9.17) is 23.9 Å². The van der Waals surface area contributed by atoms with Crippen molar-refractivity contribution in [2.24, 2.45) is 23.7 Å².